The van der Waals surface area contributed by atoms with Crippen LogP contribution < -0.4 is 19.1 Å². The van der Waals surface area contributed by atoms with Crippen molar-refractivity contribution >= 4 is 82.7 Å². The van der Waals surface area contributed by atoms with Crippen molar-refractivity contribution in [2.75, 3.05) is 51.7 Å². The van der Waals surface area contributed by atoms with Gasteiger partial charge in [-0.15, -0.1) is 0 Å². The van der Waals surface area contributed by atoms with Gasteiger partial charge in [0.2, 0.25) is 0 Å². The molecule has 5 aliphatic rings. The van der Waals surface area contributed by atoms with Crippen molar-refractivity contribution in [3.8, 4) is 38.3 Å². The van der Waals surface area contributed by atoms with Crippen LogP contribution in [0.4, 0.5) is 23.8 Å². The molecular weight excluding hydrogens is 997 g/mol. The Balaban J connectivity index is 0.00000264. The number of halogens is 3. The van der Waals surface area contributed by atoms with E-state index in [4.69, 9.17) is 38.6 Å². The molecule has 6 atom stereocenters. The second-order valence-corrected chi connectivity index (χ2v) is 17.6. The van der Waals surface area contributed by atoms with E-state index in [9.17, 15) is 9.18 Å². The first-order valence-electron chi connectivity index (χ1n) is 19.3. The van der Waals surface area contributed by atoms with Gasteiger partial charge in [0.25, 0.3) is 0 Å². The van der Waals surface area contributed by atoms with E-state index >= 15 is 8.78 Å². The number of ether oxygens (including phenoxy) is 5. The van der Waals surface area contributed by atoms with E-state index in [0.717, 1.165) is 25.8 Å². The number of hydrogen-bond acceptors (Lipinski definition) is 12. The molecule has 4 saturated heterocycles. The second-order valence-electron chi connectivity index (χ2n) is 16.5. The van der Waals surface area contributed by atoms with Crippen molar-refractivity contribution in [2.45, 2.75) is 88.3 Å². The zero-order valence-electron chi connectivity index (χ0n) is 33.4. The van der Waals surface area contributed by atoms with Gasteiger partial charge in [0, 0.05) is 13.0 Å². The summed E-state index contributed by atoms with van der Waals surface area (Å²) in [5.74, 6) is 2.38. The van der Waals surface area contributed by atoms with Gasteiger partial charge in [0.1, 0.15) is 11.8 Å². The number of fused-ring (bicyclic) bond motifs is 7. The van der Waals surface area contributed by atoms with Crippen LogP contribution in [0, 0.1) is 21.0 Å². The molecule has 0 N–H and O–H groups in total. The van der Waals surface area contributed by atoms with Crippen LogP contribution in [0.5, 0.6) is 17.6 Å². The van der Waals surface area contributed by atoms with E-state index in [2.05, 4.69) is 19.2 Å². The third-order valence-electron chi connectivity index (χ3n) is 11.8. The van der Waals surface area contributed by atoms with Gasteiger partial charge in [-0.05, 0) is 53.0 Å². The number of rotatable bonds is 7. The van der Waals surface area contributed by atoms with Gasteiger partial charge in [0.15, 0.2) is 0 Å². The maximum atomic E-state index is 17.6. The van der Waals surface area contributed by atoms with Crippen LogP contribution in [-0.2, 0) is 23.0 Å². The third kappa shape index (κ3) is 7.76. The summed E-state index contributed by atoms with van der Waals surface area (Å²) in [5, 5.41) is 1.17. The van der Waals surface area contributed by atoms with Crippen LogP contribution in [0.3, 0.4) is 0 Å². The summed E-state index contributed by atoms with van der Waals surface area (Å²) >= 11 is 0.263. The molecule has 18 heteroatoms. The fourth-order valence-corrected chi connectivity index (χ4v) is 10.1. The van der Waals surface area contributed by atoms with E-state index in [1.165, 1.54) is 13.2 Å². The van der Waals surface area contributed by atoms with Crippen LogP contribution >= 0.6 is 9.90 Å². The standard InChI is InChI=1S/C41H42F3N6O6.H3P.H2S.Tl/c1-6-26-28(43)10-8-22-14-25(55-21-52-5)15-27(31(22)26)34-33(44)35-32-36(47-38(46-35)54-20-41-12-7-13-48(41)17-23(42)16-41)49-18-24-9-11-29(30(49)19-53-37(32)45-34)50(24)39(51)56-40(2,3)4;;;/h8,10,14-15,23-24,29-30H,7,9,11-13,16-21H2,2-5H3;1H3;1H2;/p-1/t23-,24-,29+,30+,41-;;;/m0.../s1. The molecule has 1 amide bonds. The summed E-state index contributed by atoms with van der Waals surface area (Å²) in [5.41, 5.74) is -1.11. The Labute approximate surface area is 366 Å². The predicted octanol–water partition coefficient (Wildman–Crippen LogP) is 5.68. The zero-order valence-corrected chi connectivity index (χ0v) is 40.2. The molecule has 5 aliphatic heterocycles. The SMILES string of the molecule is COCOc1cc(-c2nc3c4c(nc(OC[C@@]56CCCN5C[C@@H](F)C6)nc4c2F)N2C[C@@H]4CC[C@H]([C@H]2CO3)N4C(=O)OC(C)(C)C)c2c(C#[C][Tl])c(F)ccc2c1.P.[SH-]. The quantitative estimate of drug-likeness (QED) is 0.0568. The predicted molar refractivity (Wildman–Crippen MR) is 225 cm³/mol. The molecule has 0 spiro atoms. The molecule has 2 aromatic carbocycles. The first kappa shape index (κ1) is 43.7. The van der Waals surface area contributed by atoms with Gasteiger partial charge in [-0.1, -0.05) is 0 Å². The molecule has 4 aromatic rings. The molecule has 2 bridgehead atoms. The Morgan fingerprint density at radius 1 is 1.08 bits per heavy atom. The number of pyridine rings is 1. The molecule has 0 saturated carbocycles. The maximum absolute atomic E-state index is 17.6. The summed E-state index contributed by atoms with van der Waals surface area (Å²) in [6.07, 6.45) is 2.11. The fraction of sp³-hybridized carbons (Fsp3) is 0.512. The molecule has 312 valence electrons. The molecular formula is C41H46F3N6O6PSTl-. The smallest absolute Gasteiger partial charge is 0.153 e. The first-order chi connectivity index (χ1) is 27.4. The molecule has 12 nitrogen and oxygen atoms in total. The van der Waals surface area contributed by atoms with E-state index in [1.807, 2.05) is 25.7 Å². The number of anilines is 1. The van der Waals surface area contributed by atoms with Crippen molar-refractivity contribution < 1.29 is 41.7 Å². The van der Waals surface area contributed by atoms with Crippen molar-refractivity contribution in [3.63, 3.8) is 0 Å². The summed E-state index contributed by atoms with van der Waals surface area (Å²) < 4.78 is 80.7. The molecule has 9 rings (SSSR count). The van der Waals surface area contributed by atoms with Gasteiger partial charge in [-0.3, -0.25) is 9.80 Å². The number of thiol groups is 1. The number of amides is 1. The van der Waals surface area contributed by atoms with E-state index < -0.39 is 41.1 Å². The number of aromatic nitrogens is 3. The Kier molecular flexibility index (Phi) is 12.5. The van der Waals surface area contributed by atoms with E-state index in [0.29, 0.717) is 48.3 Å². The Bertz CT molecular complexity index is 2370. The Morgan fingerprint density at radius 2 is 1.90 bits per heavy atom. The fourth-order valence-electron chi connectivity index (χ4n) is 9.56. The molecule has 4 fully saturated rings. The first-order valence-corrected chi connectivity index (χ1v) is 21.6. The van der Waals surface area contributed by atoms with Crippen LogP contribution in [0.15, 0.2) is 24.3 Å². The number of hydrogen-bond donors (Lipinski definition) is 0. The van der Waals surface area contributed by atoms with Gasteiger partial charge in [0.05, 0.1) is 11.6 Å². The number of alkyl halides is 1. The molecule has 1 unspecified atom stereocenters. The topological polar surface area (TPSA) is 112 Å². The normalized spacial score (nSPS) is 24.2. The summed E-state index contributed by atoms with van der Waals surface area (Å²) in [7, 11) is 1.49. The average molecular weight is 1040 g/mol. The average Bonchev–Trinajstić information content (AvgIpc) is 3.78. The number of piperazine rings is 1. The Hall–Kier alpha value is -3.37. The molecule has 0 radical (unpaired) electrons. The van der Waals surface area contributed by atoms with Crippen molar-refractivity contribution in [1.82, 2.24) is 24.8 Å². The summed E-state index contributed by atoms with van der Waals surface area (Å²) in [6, 6.07) is 5.26. The number of carbonyl (C=O) groups is 1. The molecule has 59 heavy (non-hydrogen) atoms. The van der Waals surface area contributed by atoms with E-state index in [1.54, 1.807) is 18.2 Å². The maximum Gasteiger partial charge on any atom is -0.153 e. The van der Waals surface area contributed by atoms with Crippen LogP contribution in [0.1, 0.15) is 58.4 Å². The minimum absolute atomic E-state index is 0. The van der Waals surface area contributed by atoms with Crippen LogP contribution in [0.2, 0.25) is 0 Å². The number of carbonyl (C=O) groups excluding carboxylic acids is 1. The largest absolute Gasteiger partial charge is 0.813 e. The van der Waals surface area contributed by atoms with Crippen LogP contribution in [0.25, 0.3) is 32.9 Å². The van der Waals surface area contributed by atoms with E-state index in [-0.39, 0.29) is 121 Å². The van der Waals surface area contributed by atoms with Crippen molar-refractivity contribution in [1.29, 1.82) is 0 Å². The van der Waals surface area contributed by atoms with Gasteiger partial charge >= 0.3 is 232 Å². The van der Waals surface area contributed by atoms with Gasteiger partial charge in [-0.25, -0.2) is 9.18 Å². The molecule has 2 aromatic heterocycles. The monoisotopic (exact) mass is 1040 g/mol. The minimum atomic E-state index is -0.965. The van der Waals surface area contributed by atoms with Crippen LogP contribution in [-0.4, -0.2) is 139 Å². The minimum Gasteiger partial charge on any atom is -0.813 e. The third-order valence-corrected chi connectivity index (χ3v) is 12.4. The number of methoxy groups -OCH3 is 1. The summed E-state index contributed by atoms with van der Waals surface area (Å²) in [4.78, 5) is 34.1. The number of benzene rings is 2. The molecule has 7 heterocycles. The van der Waals surface area contributed by atoms with Crippen molar-refractivity contribution in [3.05, 3.63) is 41.5 Å². The van der Waals surface area contributed by atoms with Gasteiger partial charge in [-0.2, -0.15) is 9.90 Å². The Morgan fingerprint density at radius 3 is 2.66 bits per heavy atom. The van der Waals surface area contributed by atoms with Gasteiger partial charge < -0.3 is 18.2 Å². The van der Waals surface area contributed by atoms with Crippen molar-refractivity contribution in [2.24, 2.45) is 0 Å². The zero-order chi connectivity index (χ0) is 39.8. The number of nitrogens with zero attached hydrogens (tertiary/aromatic N) is 6. The second kappa shape index (κ2) is 16.8. The summed E-state index contributed by atoms with van der Waals surface area (Å²) in [6.45, 7) is 7.17. The molecule has 0 aliphatic carbocycles.